The number of rotatable bonds is 7. The van der Waals surface area contributed by atoms with Crippen LogP contribution in [0.15, 0.2) is 27.3 Å². The molecule has 1 saturated carbocycles. The van der Waals surface area contributed by atoms with E-state index in [1.807, 2.05) is 0 Å². The molecule has 0 spiro atoms. The molecular formula is C16H21BrFN7O3S. The van der Waals surface area contributed by atoms with Gasteiger partial charge in [0.1, 0.15) is 5.82 Å². The molecule has 0 saturated heterocycles. The lowest BCUT2D eigenvalue weighted by Gasteiger charge is -2.29. The van der Waals surface area contributed by atoms with Gasteiger partial charge in [-0.25, -0.2) is 18.9 Å². The molecule has 1 aliphatic carbocycles. The summed E-state index contributed by atoms with van der Waals surface area (Å²) >= 11 is 3.10. The van der Waals surface area contributed by atoms with Gasteiger partial charge < -0.3 is 10.6 Å². The van der Waals surface area contributed by atoms with Gasteiger partial charge in [0.25, 0.3) is 10.2 Å². The third-order valence-electron chi connectivity index (χ3n) is 4.68. The summed E-state index contributed by atoms with van der Waals surface area (Å²) < 4.78 is 42.7. The Kier molecular flexibility index (Phi) is 6.82. The molecule has 1 fully saturated rings. The molecule has 6 N–H and O–H groups in total. The van der Waals surface area contributed by atoms with Crippen LogP contribution in [0.4, 0.5) is 15.9 Å². The van der Waals surface area contributed by atoms with E-state index in [4.69, 9.17) is 15.2 Å². The Labute approximate surface area is 175 Å². The summed E-state index contributed by atoms with van der Waals surface area (Å²) in [6.07, 6.45) is 3.24. The van der Waals surface area contributed by atoms with E-state index in [0.29, 0.717) is 18.1 Å². The molecule has 0 amide bonds. The molecule has 0 atom stereocenters. The molecule has 158 valence electrons. The lowest BCUT2D eigenvalue weighted by molar-refractivity contribution is 0.305. The Morgan fingerprint density at radius 1 is 1.31 bits per heavy atom. The second-order valence-corrected chi connectivity index (χ2v) is 9.08. The van der Waals surface area contributed by atoms with Crippen LogP contribution >= 0.6 is 15.9 Å². The molecule has 10 nitrogen and oxygen atoms in total. The molecule has 29 heavy (non-hydrogen) atoms. The number of nitrogens with zero attached hydrogens (tertiary/aromatic N) is 2. The van der Waals surface area contributed by atoms with Gasteiger partial charge in [0, 0.05) is 18.3 Å². The number of nitrogens with two attached hydrogens (primary N) is 1. The number of halogens is 2. The molecule has 1 heterocycles. The lowest BCUT2D eigenvalue weighted by atomic mass is 9.86. The first-order valence-electron chi connectivity index (χ1n) is 8.88. The van der Waals surface area contributed by atoms with Gasteiger partial charge in [0.15, 0.2) is 11.5 Å². The van der Waals surface area contributed by atoms with Gasteiger partial charge in [-0.05, 0) is 76.0 Å². The monoisotopic (exact) mass is 489 g/mol. The average molecular weight is 490 g/mol. The van der Waals surface area contributed by atoms with E-state index in [1.54, 1.807) is 0 Å². The lowest BCUT2D eigenvalue weighted by Crippen LogP contribution is -2.37. The topological polar surface area (TPSA) is 159 Å². The van der Waals surface area contributed by atoms with Crippen molar-refractivity contribution in [1.82, 2.24) is 15.0 Å². The average Bonchev–Trinajstić information content (AvgIpc) is 3.12. The highest BCUT2D eigenvalue weighted by Gasteiger charge is 2.25. The second-order valence-electron chi connectivity index (χ2n) is 6.85. The zero-order chi connectivity index (χ0) is 21.0. The van der Waals surface area contributed by atoms with Crippen LogP contribution in [-0.2, 0) is 10.2 Å². The van der Waals surface area contributed by atoms with E-state index in [0.717, 1.165) is 25.7 Å². The first-order chi connectivity index (χ1) is 13.7. The van der Waals surface area contributed by atoms with Crippen LogP contribution in [0.2, 0.25) is 0 Å². The van der Waals surface area contributed by atoms with Crippen molar-refractivity contribution >= 4 is 43.5 Å². The molecule has 13 heteroatoms. The quantitative estimate of drug-likeness (QED) is 0.294. The summed E-state index contributed by atoms with van der Waals surface area (Å²) in [4.78, 5) is 0. The minimum Gasteiger partial charge on any atom is -0.363 e. The van der Waals surface area contributed by atoms with Gasteiger partial charge in [0.05, 0.1) is 4.47 Å². The normalized spacial score (nSPS) is 19.7. The van der Waals surface area contributed by atoms with Crippen LogP contribution < -0.4 is 20.5 Å². The number of hydrogen-bond acceptors (Lipinski definition) is 7. The Morgan fingerprint density at radius 3 is 2.69 bits per heavy atom. The number of nitrogens with one attached hydrogen (secondary N) is 4. The van der Waals surface area contributed by atoms with Gasteiger partial charge in [-0.15, -0.1) is 0 Å². The predicted molar refractivity (Wildman–Crippen MR) is 109 cm³/mol. The number of benzene rings is 1. The van der Waals surface area contributed by atoms with Gasteiger partial charge in [-0.2, -0.15) is 8.42 Å². The van der Waals surface area contributed by atoms with E-state index in [-0.39, 0.29) is 28.0 Å². The molecule has 1 aromatic heterocycles. The second kappa shape index (κ2) is 9.15. The SMILES string of the molecule is N=C(Nc1ccc(F)c(Br)c1)c1nonc1N[C@H]1CC[C@H](CNS(N)(=O)=O)CC1. The van der Waals surface area contributed by atoms with Crippen molar-refractivity contribution in [1.29, 1.82) is 5.41 Å². The van der Waals surface area contributed by atoms with E-state index in [1.165, 1.54) is 18.2 Å². The van der Waals surface area contributed by atoms with Gasteiger partial charge in [-0.1, -0.05) is 0 Å². The largest absolute Gasteiger partial charge is 0.363 e. The Morgan fingerprint density at radius 2 is 2.03 bits per heavy atom. The van der Waals surface area contributed by atoms with Crippen molar-refractivity contribution in [2.75, 3.05) is 17.2 Å². The number of aromatic nitrogens is 2. The van der Waals surface area contributed by atoms with Crippen LogP contribution in [0, 0.1) is 17.1 Å². The van der Waals surface area contributed by atoms with Gasteiger partial charge in [0.2, 0.25) is 5.82 Å². The van der Waals surface area contributed by atoms with Crippen molar-refractivity contribution in [3.05, 3.63) is 34.2 Å². The molecule has 2 aromatic rings. The predicted octanol–water partition coefficient (Wildman–Crippen LogP) is 2.17. The van der Waals surface area contributed by atoms with Crippen LogP contribution in [0.3, 0.4) is 0 Å². The number of amidine groups is 1. The summed E-state index contributed by atoms with van der Waals surface area (Å²) in [5, 5.41) is 26.9. The summed E-state index contributed by atoms with van der Waals surface area (Å²) in [7, 11) is -3.67. The molecule has 0 bridgehead atoms. The highest BCUT2D eigenvalue weighted by molar-refractivity contribution is 9.10. The minimum absolute atomic E-state index is 0.0432. The van der Waals surface area contributed by atoms with Crippen molar-refractivity contribution in [2.24, 2.45) is 11.1 Å². The molecule has 0 unspecified atom stereocenters. The smallest absolute Gasteiger partial charge is 0.274 e. The third-order valence-corrected chi connectivity index (χ3v) is 5.85. The van der Waals surface area contributed by atoms with Gasteiger partial charge >= 0.3 is 0 Å². The summed E-state index contributed by atoms with van der Waals surface area (Å²) in [5.74, 6) is 0.119. The minimum atomic E-state index is -3.67. The van der Waals surface area contributed by atoms with Crippen molar-refractivity contribution in [3.63, 3.8) is 0 Å². The van der Waals surface area contributed by atoms with E-state index < -0.39 is 16.0 Å². The molecular weight excluding hydrogens is 469 g/mol. The van der Waals surface area contributed by atoms with Crippen molar-refractivity contribution in [2.45, 2.75) is 31.7 Å². The Bertz CT molecular complexity index is 977. The summed E-state index contributed by atoms with van der Waals surface area (Å²) in [6.45, 7) is 0.324. The molecule has 3 rings (SSSR count). The third kappa shape index (κ3) is 6.19. The zero-order valence-electron chi connectivity index (χ0n) is 15.3. The zero-order valence-corrected chi connectivity index (χ0v) is 17.7. The molecule has 1 aliphatic rings. The molecule has 1 aromatic carbocycles. The maximum absolute atomic E-state index is 13.4. The van der Waals surface area contributed by atoms with E-state index in [2.05, 4.69) is 41.6 Å². The highest BCUT2D eigenvalue weighted by atomic mass is 79.9. The summed E-state index contributed by atoms with van der Waals surface area (Å²) in [5.41, 5.74) is 0.726. The Hall–Kier alpha value is -2.09. The van der Waals surface area contributed by atoms with Crippen molar-refractivity contribution in [3.8, 4) is 0 Å². The van der Waals surface area contributed by atoms with E-state index in [9.17, 15) is 12.8 Å². The number of hydrogen-bond donors (Lipinski definition) is 5. The van der Waals surface area contributed by atoms with Crippen molar-refractivity contribution < 1.29 is 17.4 Å². The number of anilines is 2. The molecule has 0 radical (unpaired) electrons. The fourth-order valence-electron chi connectivity index (χ4n) is 3.16. The van der Waals surface area contributed by atoms with Crippen LogP contribution in [0.25, 0.3) is 0 Å². The fourth-order valence-corrected chi connectivity index (χ4v) is 4.01. The first-order valence-corrected chi connectivity index (χ1v) is 11.2. The Balaban J connectivity index is 1.55. The standard InChI is InChI=1S/C16H21BrFN7O3S/c17-12-7-11(5-6-13(12)18)22-15(19)14-16(25-28-24-14)23-10-3-1-9(2-4-10)8-21-29(20,26)27/h5-7,9-10,21H,1-4,8H2,(H2,19,22)(H,23,25)(H2,20,26,27)/t9-,10-. The van der Waals surface area contributed by atoms with Crippen LogP contribution in [-0.4, -0.2) is 37.2 Å². The highest BCUT2D eigenvalue weighted by Crippen LogP contribution is 2.27. The van der Waals surface area contributed by atoms with E-state index >= 15 is 0 Å². The molecule has 0 aliphatic heterocycles. The van der Waals surface area contributed by atoms with Crippen LogP contribution in [0.5, 0.6) is 0 Å². The maximum Gasteiger partial charge on any atom is 0.274 e. The fraction of sp³-hybridized carbons (Fsp3) is 0.438. The maximum atomic E-state index is 13.4. The van der Waals surface area contributed by atoms with Gasteiger partial charge in [-0.3, -0.25) is 5.41 Å². The summed E-state index contributed by atoms with van der Waals surface area (Å²) in [6, 6.07) is 4.40. The van der Waals surface area contributed by atoms with Crippen LogP contribution in [0.1, 0.15) is 31.4 Å². The first kappa shape index (κ1) is 21.6.